The molecule has 3 rings (SSSR count). The van der Waals surface area contributed by atoms with Gasteiger partial charge in [-0.05, 0) is 55.5 Å². The molecule has 0 unspecified atom stereocenters. The Morgan fingerprint density at radius 1 is 1.33 bits per heavy atom. The van der Waals surface area contributed by atoms with Crippen molar-refractivity contribution in [3.05, 3.63) is 52.1 Å². The monoisotopic (exact) mass is 350 g/mol. The first kappa shape index (κ1) is 17.0. The average molecular weight is 351 g/mol. The summed E-state index contributed by atoms with van der Waals surface area (Å²) in [5.74, 6) is -0.311. The van der Waals surface area contributed by atoms with Crippen LogP contribution in [-0.4, -0.2) is 11.1 Å². The number of nitrogens with one attached hydrogen (secondary N) is 1. The summed E-state index contributed by atoms with van der Waals surface area (Å²) in [6, 6.07) is 6.42. The molecule has 0 atom stereocenters. The predicted molar refractivity (Wildman–Crippen MR) is 89.3 cm³/mol. The molecule has 1 aromatic carbocycles. The maximum Gasteiger partial charge on any atom is 0.229 e. The van der Waals surface area contributed by atoms with Gasteiger partial charge in [0.15, 0.2) is 0 Å². The molecule has 6 heteroatoms. The Kier molecular flexibility index (Phi) is 4.90. The fourth-order valence-corrected chi connectivity index (χ4v) is 3.71. The normalized spacial score (nSPS) is 16.3. The van der Waals surface area contributed by atoms with E-state index < -0.39 is 5.54 Å². The molecule has 0 spiro atoms. The molecule has 1 heterocycles. The number of aryl methyl sites for hydroxylation is 1. The summed E-state index contributed by atoms with van der Waals surface area (Å²) in [7, 11) is 0. The first-order chi connectivity index (χ1) is 11.5. The van der Waals surface area contributed by atoms with E-state index in [1.165, 1.54) is 12.1 Å². The molecular formula is C18H20ClFN2O2. The van der Waals surface area contributed by atoms with Gasteiger partial charge in [-0.2, -0.15) is 0 Å². The number of hydrogen-bond acceptors (Lipinski definition) is 3. The third-order valence-corrected chi connectivity index (χ3v) is 5.07. The third kappa shape index (κ3) is 3.46. The summed E-state index contributed by atoms with van der Waals surface area (Å²) in [5, 5.41) is 7.21. The Morgan fingerprint density at radius 2 is 2.00 bits per heavy atom. The minimum atomic E-state index is -0.391. The van der Waals surface area contributed by atoms with Crippen LogP contribution < -0.4 is 5.32 Å². The van der Waals surface area contributed by atoms with Crippen LogP contribution >= 0.6 is 11.6 Å². The average Bonchev–Trinajstić information content (AvgIpc) is 3.14. The third-order valence-electron chi connectivity index (χ3n) is 4.77. The summed E-state index contributed by atoms with van der Waals surface area (Å²) in [5.41, 5.74) is 2.06. The number of amides is 1. The van der Waals surface area contributed by atoms with E-state index in [0.29, 0.717) is 18.5 Å². The lowest BCUT2D eigenvalue weighted by atomic mass is 9.88. The van der Waals surface area contributed by atoms with Crippen LogP contribution in [0.2, 0.25) is 5.22 Å². The topological polar surface area (TPSA) is 55.1 Å². The summed E-state index contributed by atoms with van der Waals surface area (Å²) >= 11 is 5.94. The lowest BCUT2D eigenvalue weighted by molar-refractivity contribution is -0.123. The number of rotatable bonds is 5. The molecule has 1 aliphatic rings. The van der Waals surface area contributed by atoms with E-state index in [4.69, 9.17) is 16.1 Å². The second-order valence-electron chi connectivity index (χ2n) is 6.36. The molecular weight excluding hydrogens is 331 g/mol. The van der Waals surface area contributed by atoms with E-state index in [2.05, 4.69) is 10.5 Å². The van der Waals surface area contributed by atoms with Gasteiger partial charge in [0, 0.05) is 12.0 Å². The Hall–Kier alpha value is -1.88. The highest BCUT2D eigenvalue weighted by Crippen LogP contribution is 2.39. The first-order valence-electron chi connectivity index (χ1n) is 8.18. The summed E-state index contributed by atoms with van der Waals surface area (Å²) in [6.45, 7) is 1.81. The number of carbonyl (C=O) groups excluding carboxylic acids is 1. The quantitative estimate of drug-likeness (QED) is 0.875. The van der Waals surface area contributed by atoms with Gasteiger partial charge in [0.25, 0.3) is 0 Å². The first-order valence-corrected chi connectivity index (χ1v) is 8.56. The SMILES string of the molecule is Cc1noc(Cl)c1CCC(=O)NC1(c2ccc(F)cc2)CCCC1. The number of hydrogen-bond donors (Lipinski definition) is 1. The van der Waals surface area contributed by atoms with Crippen LogP contribution in [0.3, 0.4) is 0 Å². The number of nitrogens with zero attached hydrogens (tertiary/aromatic N) is 1. The molecule has 2 aromatic rings. The highest BCUT2D eigenvalue weighted by Gasteiger charge is 2.36. The fourth-order valence-electron chi connectivity index (χ4n) is 3.44. The smallest absolute Gasteiger partial charge is 0.229 e. The summed E-state index contributed by atoms with van der Waals surface area (Å²) < 4.78 is 18.1. The van der Waals surface area contributed by atoms with Crippen molar-refractivity contribution in [2.75, 3.05) is 0 Å². The zero-order chi connectivity index (χ0) is 17.2. The number of aromatic nitrogens is 1. The largest absolute Gasteiger partial charge is 0.347 e. The lowest BCUT2D eigenvalue weighted by Crippen LogP contribution is -2.43. The predicted octanol–water partition coefficient (Wildman–Crippen LogP) is 4.29. The van der Waals surface area contributed by atoms with E-state index in [-0.39, 0.29) is 16.9 Å². The Morgan fingerprint density at radius 3 is 2.58 bits per heavy atom. The van der Waals surface area contributed by atoms with Gasteiger partial charge in [-0.25, -0.2) is 4.39 Å². The van der Waals surface area contributed by atoms with Gasteiger partial charge in [-0.15, -0.1) is 0 Å². The fraction of sp³-hybridized carbons (Fsp3) is 0.444. The molecule has 1 aliphatic carbocycles. The second-order valence-corrected chi connectivity index (χ2v) is 6.71. The highest BCUT2D eigenvalue weighted by atomic mass is 35.5. The molecule has 0 saturated heterocycles. The molecule has 1 aromatic heterocycles. The number of carbonyl (C=O) groups is 1. The summed E-state index contributed by atoms with van der Waals surface area (Å²) in [6.07, 6.45) is 4.64. The van der Waals surface area contributed by atoms with Crippen LogP contribution in [0.15, 0.2) is 28.8 Å². The molecule has 0 aliphatic heterocycles. The molecule has 4 nitrogen and oxygen atoms in total. The van der Waals surface area contributed by atoms with Gasteiger partial charge in [-0.3, -0.25) is 4.79 Å². The zero-order valence-corrected chi connectivity index (χ0v) is 14.3. The molecule has 1 fully saturated rings. The summed E-state index contributed by atoms with van der Waals surface area (Å²) in [4.78, 5) is 12.5. The highest BCUT2D eigenvalue weighted by molar-refractivity contribution is 6.29. The van der Waals surface area contributed by atoms with E-state index in [9.17, 15) is 9.18 Å². The second kappa shape index (κ2) is 6.93. The van der Waals surface area contributed by atoms with Crippen molar-refractivity contribution in [2.45, 2.75) is 51.0 Å². The van der Waals surface area contributed by atoms with Gasteiger partial charge in [-0.1, -0.05) is 30.1 Å². The number of halogens is 2. The van der Waals surface area contributed by atoms with Crippen LogP contribution in [0.25, 0.3) is 0 Å². The van der Waals surface area contributed by atoms with Gasteiger partial charge < -0.3 is 9.84 Å². The zero-order valence-electron chi connectivity index (χ0n) is 13.6. The van der Waals surface area contributed by atoms with Gasteiger partial charge >= 0.3 is 0 Å². The minimum absolute atomic E-state index is 0.0436. The van der Waals surface area contributed by atoms with Crippen LogP contribution in [0, 0.1) is 12.7 Å². The van der Waals surface area contributed by atoms with Crippen LogP contribution in [0.5, 0.6) is 0 Å². The van der Waals surface area contributed by atoms with Gasteiger partial charge in [0.2, 0.25) is 11.1 Å². The van der Waals surface area contributed by atoms with Gasteiger partial charge in [0.05, 0.1) is 11.2 Å². The Balaban J connectivity index is 1.69. The molecule has 0 radical (unpaired) electrons. The van der Waals surface area contributed by atoms with Crippen molar-refractivity contribution >= 4 is 17.5 Å². The molecule has 1 N–H and O–H groups in total. The van der Waals surface area contributed by atoms with Crippen LogP contribution in [-0.2, 0) is 16.8 Å². The van der Waals surface area contributed by atoms with Crippen molar-refractivity contribution in [1.29, 1.82) is 0 Å². The lowest BCUT2D eigenvalue weighted by Gasteiger charge is -2.31. The Bertz CT molecular complexity index is 702. The van der Waals surface area contributed by atoms with Crippen molar-refractivity contribution in [3.8, 4) is 0 Å². The van der Waals surface area contributed by atoms with Crippen LogP contribution in [0.4, 0.5) is 4.39 Å². The number of benzene rings is 1. The van der Waals surface area contributed by atoms with Crippen molar-refractivity contribution < 1.29 is 13.7 Å². The molecule has 1 saturated carbocycles. The van der Waals surface area contributed by atoms with Crippen molar-refractivity contribution in [2.24, 2.45) is 0 Å². The van der Waals surface area contributed by atoms with E-state index >= 15 is 0 Å². The van der Waals surface area contributed by atoms with Gasteiger partial charge in [0.1, 0.15) is 5.82 Å². The standard InChI is InChI=1S/C18H20ClFN2O2/c1-12-15(17(19)24-22-12)8-9-16(23)21-18(10-2-3-11-18)13-4-6-14(20)7-5-13/h4-7H,2-3,8-11H2,1H3,(H,21,23). The van der Waals surface area contributed by atoms with E-state index in [1.807, 2.05) is 0 Å². The maximum absolute atomic E-state index is 13.2. The molecule has 0 bridgehead atoms. The molecule has 24 heavy (non-hydrogen) atoms. The Labute approximate surface area is 145 Å². The molecule has 128 valence electrons. The van der Waals surface area contributed by atoms with Crippen molar-refractivity contribution in [3.63, 3.8) is 0 Å². The molecule has 1 amide bonds. The maximum atomic E-state index is 13.2. The van der Waals surface area contributed by atoms with E-state index in [1.54, 1.807) is 19.1 Å². The van der Waals surface area contributed by atoms with Crippen molar-refractivity contribution in [1.82, 2.24) is 10.5 Å². The van der Waals surface area contributed by atoms with Crippen LogP contribution in [0.1, 0.15) is 48.9 Å². The minimum Gasteiger partial charge on any atom is -0.347 e. The van der Waals surface area contributed by atoms with E-state index in [0.717, 1.165) is 36.8 Å².